The number of rotatable bonds is 8. The molecule has 0 aliphatic rings. The molecule has 0 saturated carbocycles. The van der Waals surface area contributed by atoms with E-state index in [2.05, 4.69) is 26.5 Å². The summed E-state index contributed by atoms with van der Waals surface area (Å²) in [7, 11) is 3.14. The summed E-state index contributed by atoms with van der Waals surface area (Å²) in [6.45, 7) is 0.343. The molecule has 0 saturated heterocycles. The van der Waals surface area contributed by atoms with Crippen molar-refractivity contribution in [2.75, 3.05) is 14.2 Å². The number of halogens is 1. The smallest absolute Gasteiger partial charge is 0.275 e. The molecule has 1 amide bonds. The van der Waals surface area contributed by atoms with Crippen LogP contribution in [0.2, 0.25) is 0 Å². The van der Waals surface area contributed by atoms with Crippen LogP contribution < -0.4 is 19.6 Å². The van der Waals surface area contributed by atoms with E-state index in [0.29, 0.717) is 35.0 Å². The fraction of sp³-hybridized carbons (Fsp3) is 0.130. The van der Waals surface area contributed by atoms with Gasteiger partial charge < -0.3 is 14.2 Å². The number of hydrogen-bond donors (Lipinski definition) is 1. The molecule has 3 aromatic rings. The number of carbonyl (C=O) groups excluding carboxylic acids is 1. The second-order valence-electron chi connectivity index (χ2n) is 6.22. The molecule has 0 aliphatic carbocycles. The summed E-state index contributed by atoms with van der Waals surface area (Å²) in [6.07, 6.45) is 1.52. The van der Waals surface area contributed by atoms with Crippen LogP contribution in [0, 0.1) is 0 Å². The molecule has 3 rings (SSSR count). The van der Waals surface area contributed by atoms with E-state index in [1.807, 2.05) is 30.3 Å². The topological polar surface area (TPSA) is 69.2 Å². The lowest BCUT2D eigenvalue weighted by Gasteiger charge is -2.11. The number of para-hydroxylation sites is 1. The molecule has 0 radical (unpaired) electrons. The number of methoxy groups -OCH3 is 2. The van der Waals surface area contributed by atoms with Gasteiger partial charge in [-0.15, -0.1) is 0 Å². The zero-order chi connectivity index (χ0) is 21.3. The Labute approximate surface area is 183 Å². The van der Waals surface area contributed by atoms with Crippen molar-refractivity contribution >= 4 is 28.1 Å². The van der Waals surface area contributed by atoms with E-state index >= 15 is 0 Å². The van der Waals surface area contributed by atoms with Gasteiger partial charge in [0.15, 0.2) is 0 Å². The lowest BCUT2D eigenvalue weighted by Crippen LogP contribution is -2.18. The van der Waals surface area contributed by atoms with Gasteiger partial charge in [0.05, 0.1) is 26.0 Å². The van der Waals surface area contributed by atoms with Gasteiger partial charge >= 0.3 is 0 Å². The van der Waals surface area contributed by atoms with Crippen LogP contribution in [-0.4, -0.2) is 26.3 Å². The highest BCUT2D eigenvalue weighted by molar-refractivity contribution is 9.10. The largest absolute Gasteiger partial charge is 0.497 e. The first kappa shape index (κ1) is 21.4. The fourth-order valence-corrected chi connectivity index (χ4v) is 3.16. The second-order valence-corrected chi connectivity index (χ2v) is 7.14. The minimum Gasteiger partial charge on any atom is -0.497 e. The Morgan fingerprint density at radius 2 is 1.83 bits per heavy atom. The number of carbonyl (C=O) groups is 1. The predicted molar refractivity (Wildman–Crippen MR) is 120 cm³/mol. The molecule has 30 heavy (non-hydrogen) atoms. The molecule has 1 N–H and O–H groups in total. The molecular formula is C23H21BrN2O4. The van der Waals surface area contributed by atoms with Crippen LogP contribution in [0.3, 0.4) is 0 Å². The van der Waals surface area contributed by atoms with Crippen LogP contribution in [0.25, 0.3) is 0 Å². The highest BCUT2D eigenvalue weighted by Gasteiger charge is 2.12. The van der Waals surface area contributed by atoms with Crippen molar-refractivity contribution in [1.82, 2.24) is 5.43 Å². The van der Waals surface area contributed by atoms with Crippen LogP contribution >= 0.6 is 15.9 Å². The Kier molecular flexibility index (Phi) is 7.45. The maximum absolute atomic E-state index is 12.6. The van der Waals surface area contributed by atoms with Crippen LogP contribution in [0.4, 0.5) is 0 Å². The summed E-state index contributed by atoms with van der Waals surface area (Å²) in [4.78, 5) is 12.6. The Balaban J connectivity index is 1.68. The van der Waals surface area contributed by atoms with Crippen molar-refractivity contribution in [3.63, 3.8) is 0 Å². The van der Waals surface area contributed by atoms with Gasteiger partial charge in [-0.2, -0.15) is 5.10 Å². The van der Waals surface area contributed by atoms with Gasteiger partial charge in [0.25, 0.3) is 5.91 Å². The Hall–Kier alpha value is -3.32. The SMILES string of the molecule is COc1ccc(/C=N\NC(=O)c2ccccc2OCc2cccc(Br)c2)c(OC)c1. The minimum atomic E-state index is -0.372. The van der Waals surface area contributed by atoms with E-state index < -0.39 is 0 Å². The summed E-state index contributed by atoms with van der Waals surface area (Å²) < 4.78 is 17.3. The van der Waals surface area contributed by atoms with Crippen molar-refractivity contribution < 1.29 is 19.0 Å². The molecule has 0 aromatic heterocycles. The first-order valence-corrected chi connectivity index (χ1v) is 9.91. The van der Waals surface area contributed by atoms with Gasteiger partial charge in [-0.3, -0.25) is 4.79 Å². The maximum Gasteiger partial charge on any atom is 0.275 e. The van der Waals surface area contributed by atoms with Gasteiger partial charge in [-0.05, 0) is 42.0 Å². The number of nitrogens with one attached hydrogen (secondary N) is 1. The van der Waals surface area contributed by atoms with Crippen LogP contribution in [-0.2, 0) is 6.61 Å². The summed E-state index contributed by atoms with van der Waals surface area (Å²) in [5, 5.41) is 4.05. The highest BCUT2D eigenvalue weighted by Crippen LogP contribution is 2.23. The minimum absolute atomic E-state index is 0.343. The lowest BCUT2D eigenvalue weighted by atomic mass is 10.2. The predicted octanol–water partition coefficient (Wildman–Crippen LogP) is 4.81. The van der Waals surface area contributed by atoms with Gasteiger partial charge in [0.2, 0.25) is 0 Å². The van der Waals surface area contributed by atoms with Crippen molar-refractivity contribution in [3.8, 4) is 17.2 Å². The van der Waals surface area contributed by atoms with Gasteiger partial charge in [-0.25, -0.2) is 5.43 Å². The number of benzene rings is 3. The van der Waals surface area contributed by atoms with Crippen molar-refractivity contribution in [2.45, 2.75) is 6.61 Å². The molecule has 7 heteroatoms. The quantitative estimate of drug-likeness (QED) is 0.380. The second kappa shape index (κ2) is 10.5. The Morgan fingerprint density at radius 3 is 2.60 bits per heavy atom. The van der Waals surface area contributed by atoms with Gasteiger partial charge in [0.1, 0.15) is 23.9 Å². The summed E-state index contributed by atoms with van der Waals surface area (Å²) in [5.74, 6) is 1.37. The zero-order valence-corrected chi connectivity index (χ0v) is 18.2. The molecule has 0 bridgehead atoms. The summed E-state index contributed by atoms with van der Waals surface area (Å²) >= 11 is 3.44. The number of amides is 1. The average molecular weight is 469 g/mol. The Morgan fingerprint density at radius 1 is 1.00 bits per heavy atom. The van der Waals surface area contributed by atoms with E-state index in [1.165, 1.54) is 6.21 Å². The first-order chi connectivity index (χ1) is 14.6. The van der Waals surface area contributed by atoms with E-state index in [9.17, 15) is 4.79 Å². The average Bonchev–Trinajstić information content (AvgIpc) is 2.78. The molecular weight excluding hydrogens is 448 g/mol. The highest BCUT2D eigenvalue weighted by atomic mass is 79.9. The lowest BCUT2D eigenvalue weighted by molar-refractivity contribution is 0.0950. The number of hydrogen-bond acceptors (Lipinski definition) is 5. The Bertz CT molecular complexity index is 1050. The normalized spacial score (nSPS) is 10.6. The van der Waals surface area contributed by atoms with E-state index in [4.69, 9.17) is 14.2 Å². The monoisotopic (exact) mass is 468 g/mol. The molecule has 0 atom stereocenters. The number of ether oxygens (including phenoxy) is 3. The molecule has 0 unspecified atom stereocenters. The standard InChI is InChI=1S/C23H21BrN2O4/c1-28-19-11-10-17(22(13-19)29-2)14-25-26-23(27)20-8-3-4-9-21(20)30-15-16-6-5-7-18(24)12-16/h3-14H,15H2,1-2H3,(H,26,27)/b25-14-. The first-order valence-electron chi connectivity index (χ1n) is 9.12. The molecule has 6 nitrogen and oxygen atoms in total. The van der Waals surface area contributed by atoms with Crippen LogP contribution in [0.5, 0.6) is 17.2 Å². The third-order valence-electron chi connectivity index (χ3n) is 4.23. The molecule has 154 valence electrons. The third-order valence-corrected chi connectivity index (χ3v) is 4.72. The van der Waals surface area contributed by atoms with Crippen molar-refractivity contribution in [3.05, 3.63) is 87.9 Å². The van der Waals surface area contributed by atoms with E-state index in [0.717, 1.165) is 10.0 Å². The fourth-order valence-electron chi connectivity index (χ4n) is 2.71. The van der Waals surface area contributed by atoms with Crippen LogP contribution in [0.1, 0.15) is 21.5 Å². The molecule has 0 heterocycles. The van der Waals surface area contributed by atoms with E-state index in [1.54, 1.807) is 50.6 Å². The third kappa shape index (κ3) is 5.61. The maximum atomic E-state index is 12.6. The summed E-state index contributed by atoms with van der Waals surface area (Å²) in [5.41, 5.74) is 4.62. The number of hydrazone groups is 1. The van der Waals surface area contributed by atoms with Crippen LogP contribution in [0.15, 0.2) is 76.3 Å². The van der Waals surface area contributed by atoms with Gasteiger partial charge in [-0.1, -0.05) is 40.2 Å². The zero-order valence-electron chi connectivity index (χ0n) is 16.6. The van der Waals surface area contributed by atoms with Crippen molar-refractivity contribution in [2.24, 2.45) is 5.10 Å². The van der Waals surface area contributed by atoms with Crippen molar-refractivity contribution in [1.29, 1.82) is 0 Å². The number of nitrogens with zero attached hydrogens (tertiary/aromatic N) is 1. The molecule has 3 aromatic carbocycles. The molecule has 0 spiro atoms. The molecule has 0 fully saturated rings. The van der Waals surface area contributed by atoms with Gasteiger partial charge in [0, 0.05) is 16.1 Å². The van der Waals surface area contributed by atoms with E-state index in [-0.39, 0.29) is 5.91 Å². The molecule has 0 aliphatic heterocycles. The summed E-state index contributed by atoms with van der Waals surface area (Å²) in [6, 6.07) is 20.2.